The number of aliphatic hydroxyl groups excluding tert-OH is 7. The molecule has 0 saturated carbocycles. The molecule has 2 aliphatic rings. The van der Waals surface area contributed by atoms with E-state index < -0.39 is 74.6 Å². The lowest BCUT2D eigenvalue weighted by Crippen LogP contribution is -2.65. The van der Waals surface area contributed by atoms with Crippen molar-refractivity contribution in [1.82, 2.24) is 5.32 Å². The number of anilines is 2. The van der Waals surface area contributed by atoms with E-state index in [1.165, 1.54) is 0 Å². The Morgan fingerprint density at radius 2 is 1.51 bits per heavy atom. The van der Waals surface area contributed by atoms with Crippen LogP contribution in [0.4, 0.5) is 16.2 Å². The van der Waals surface area contributed by atoms with Gasteiger partial charge in [-0.05, 0) is 30.7 Å². The first-order valence-electron chi connectivity index (χ1n) is 12.2. The number of rotatable bonds is 10. The van der Waals surface area contributed by atoms with Gasteiger partial charge in [-0.2, -0.15) is 0 Å². The predicted molar refractivity (Wildman–Crippen MR) is 128 cm³/mol. The molecule has 37 heavy (non-hydrogen) atoms. The number of benzene rings is 1. The Bertz CT molecular complexity index is 844. The van der Waals surface area contributed by atoms with Crippen molar-refractivity contribution in [1.29, 1.82) is 0 Å². The summed E-state index contributed by atoms with van der Waals surface area (Å²) in [6, 6.07) is 6.16. The summed E-state index contributed by atoms with van der Waals surface area (Å²) in [5, 5.41) is 79.0. The Morgan fingerprint density at radius 3 is 2.14 bits per heavy atom. The molecule has 14 nitrogen and oxygen atoms in total. The van der Waals surface area contributed by atoms with Crippen molar-refractivity contribution < 1.29 is 54.8 Å². The van der Waals surface area contributed by atoms with E-state index in [1.807, 2.05) is 6.92 Å². The maximum atomic E-state index is 11.9. The van der Waals surface area contributed by atoms with Crippen LogP contribution in [0.5, 0.6) is 0 Å². The van der Waals surface area contributed by atoms with Crippen molar-refractivity contribution in [3.63, 3.8) is 0 Å². The number of urea groups is 1. The first-order chi connectivity index (χ1) is 17.7. The summed E-state index contributed by atoms with van der Waals surface area (Å²) in [6.45, 7) is 1.27. The van der Waals surface area contributed by atoms with Crippen LogP contribution in [0.2, 0.25) is 0 Å². The molecular formula is C23H37N3O11. The maximum absolute atomic E-state index is 11.9. The molecule has 2 fully saturated rings. The monoisotopic (exact) mass is 531 g/mol. The maximum Gasteiger partial charge on any atom is 0.319 e. The molecule has 1 aromatic rings. The molecule has 2 saturated heterocycles. The number of amides is 2. The standard InChI is InChI=1S/C23H37N3O11/c1-2-3-8-24-23(34)26-12-6-4-11(5-7-12)25-21-18(32)17(31)20(14(10-28)35-21)37-22-19(33)16(30)15(29)13(9-27)36-22/h4-7,13-22,25,27-33H,2-3,8-10H2,1H3,(H2,24,26,34)/t13?,14?,15-,16?,17+,18+,19-,20+,21+,22?/m0/s1. The van der Waals surface area contributed by atoms with Gasteiger partial charge in [0.25, 0.3) is 0 Å². The SMILES string of the molecule is CCCCNC(=O)Nc1ccc(N[C@@H]2OC(CO)[C@@H](OC3OC(CO)[C@H](O)C(O)[C@@H]3O)[C@H](O)[C@H]2O)cc1. The second-order valence-corrected chi connectivity index (χ2v) is 9.01. The number of unbranched alkanes of at least 4 members (excludes halogenated alkanes) is 1. The van der Waals surface area contributed by atoms with Gasteiger partial charge in [0.1, 0.15) is 48.8 Å². The second kappa shape index (κ2) is 13.6. The molecule has 0 spiro atoms. The van der Waals surface area contributed by atoms with Crippen molar-refractivity contribution in [2.45, 2.75) is 81.1 Å². The van der Waals surface area contributed by atoms with Gasteiger partial charge in [-0.1, -0.05) is 13.3 Å². The third-order valence-electron chi connectivity index (χ3n) is 6.27. The Morgan fingerprint density at radius 1 is 0.865 bits per heavy atom. The third-order valence-corrected chi connectivity index (χ3v) is 6.27. The average Bonchev–Trinajstić information content (AvgIpc) is 2.89. The van der Waals surface area contributed by atoms with E-state index in [0.717, 1.165) is 12.8 Å². The first kappa shape index (κ1) is 29.4. The molecular weight excluding hydrogens is 494 g/mol. The van der Waals surface area contributed by atoms with E-state index in [4.69, 9.17) is 14.2 Å². The molecule has 10 atom stereocenters. The molecule has 1 aromatic carbocycles. The number of hydrogen-bond acceptors (Lipinski definition) is 12. The van der Waals surface area contributed by atoms with Crippen LogP contribution in [-0.4, -0.2) is 123 Å². The van der Waals surface area contributed by atoms with Crippen molar-refractivity contribution in [2.24, 2.45) is 0 Å². The fraction of sp³-hybridized carbons (Fsp3) is 0.696. The van der Waals surface area contributed by atoms with Crippen LogP contribution in [0.15, 0.2) is 24.3 Å². The molecule has 10 N–H and O–H groups in total. The summed E-state index contributed by atoms with van der Waals surface area (Å²) in [7, 11) is 0. The quantitative estimate of drug-likeness (QED) is 0.143. The Kier molecular flexibility index (Phi) is 10.8. The van der Waals surface area contributed by atoms with Gasteiger partial charge in [0.15, 0.2) is 12.5 Å². The Balaban J connectivity index is 1.60. The second-order valence-electron chi connectivity index (χ2n) is 9.01. The molecule has 0 aliphatic carbocycles. The van der Waals surface area contributed by atoms with Crippen molar-refractivity contribution in [3.05, 3.63) is 24.3 Å². The number of carbonyl (C=O) groups excluding carboxylic acids is 1. The van der Waals surface area contributed by atoms with Gasteiger partial charge in [0, 0.05) is 17.9 Å². The van der Waals surface area contributed by atoms with Gasteiger partial charge < -0.3 is 65.9 Å². The number of nitrogens with one attached hydrogen (secondary N) is 3. The average molecular weight is 532 g/mol. The number of carbonyl (C=O) groups is 1. The molecule has 3 rings (SSSR count). The zero-order chi connectivity index (χ0) is 27.1. The number of hydrogen-bond donors (Lipinski definition) is 10. The lowest BCUT2D eigenvalue weighted by molar-refractivity contribution is -0.340. The van der Waals surface area contributed by atoms with Crippen LogP contribution in [0.3, 0.4) is 0 Å². The highest BCUT2D eigenvalue weighted by molar-refractivity contribution is 5.89. The van der Waals surface area contributed by atoms with Crippen LogP contribution in [0, 0.1) is 0 Å². The zero-order valence-electron chi connectivity index (χ0n) is 20.4. The zero-order valence-corrected chi connectivity index (χ0v) is 20.4. The minimum atomic E-state index is -1.74. The van der Waals surface area contributed by atoms with E-state index in [1.54, 1.807) is 24.3 Å². The van der Waals surface area contributed by atoms with Gasteiger partial charge in [0.05, 0.1) is 13.2 Å². The fourth-order valence-corrected chi connectivity index (χ4v) is 4.08. The summed E-state index contributed by atoms with van der Waals surface area (Å²) >= 11 is 0. The predicted octanol–water partition coefficient (Wildman–Crippen LogP) is -2.36. The smallest absolute Gasteiger partial charge is 0.319 e. The van der Waals surface area contributed by atoms with E-state index in [0.29, 0.717) is 17.9 Å². The van der Waals surface area contributed by atoms with E-state index in [9.17, 15) is 40.5 Å². The topological polar surface area (TPSA) is 222 Å². The van der Waals surface area contributed by atoms with Gasteiger partial charge in [0.2, 0.25) is 0 Å². The first-order valence-corrected chi connectivity index (χ1v) is 12.2. The van der Waals surface area contributed by atoms with Crippen LogP contribution >= 0.6 is 0 Å². The normalized spacial score (nSPS) is 36.1. The number of aliphatic hydroxyl groups is 7. The van der Waals surface area contributed by atoms with E-state index in [-0.39, 0.29) is 6.03 Å². The van der Waals surface area contributed by atoms with E-state index >= 15 is 0 Å². The van der Waals surface area contributed by atoms with Crippen LogP contribution in [0.1, 0.15) is 19.8 Å². The van der Waals surface area contributed by atoms with Crippen molar-refractivity contribution in [2.75, 3.05) is 30.4 Å². The highest BCUT2D eigenvalue weighted by Crippen LogP contribution is 2.30. The lowest BCUT2D eigenvalue weighted by atomic mass is 9.96. The Labute approximate surface area is 213 Å². The van der Waals surface area contributed by atoms with Crippen LogP contribution < -0.4 is 16.0 Å². The van der Waals surface area contributed by atoms with Crippen LogP contribution in [-0.2, 0) is 14.2 Å². The van der Waals surface area contributed by atoms with Gasteiger partial charge in [-0.3, -0.25) is 0 Å². The number of ether oxygens (including phenoxy) is 3. The Hall–Kier alpha value is -2.11. The van der Waals surface area contributed by atoms with E-state index in [2.05, 4.69) is 16.0 Å². The minimum Gasteiger partial charge on any atom is -0.394 e. The van der Waals surface area contributed by atoms with Crippen molar-refractivity contribution in [3.8, 4) is 0 Å². The van der Waals surface area contributed by atoms with Crippen molar-refractivity contribution >= 4 is 17.4 Å². The fourth-order valence-electron chi connectivity index (χ4n) is 4.08. The molecule has 0 bridgehead atoms. The highest BCUT2D eigenvalue weighted by atomic mass is 16.7. The van der Waals surface area contributed by atoms with Crippen LogP contribution in [0.25, 0.3) is 0 Å². The largest absolute Gasteiger partial charge is 0.394 e. The molecule has 14 heteroatoms. The molecule has 0 radical (unpaired) electrons. The molecule has 0 aromatic heterocycles. The lowest BCUT2D eigenvalue weighted by Gasteiger charge is -2.46. The molecule has 210 valence electrons. The highest BCUT2D eigenvalue weighted by Gasteiger charge is 2.50. The molecule has 2 amide bonds. The summed E-state index contributed by atoms with van der Waals surface area (Å²) in [6.07, 6.45) is -13.0. The van der Waals surface area contributed by atoms with Gasteiger partial charge in [-0.15, -0.1) is 0 Å². The summed E-state index contributed by atoms with van der Waals surface area (Å²) in [5.74, 6) is 0. The molecule has 2 heterocycles. The molecule has 4 unspecified atom stereocenters. The summed E-state index contributed by atoms with van der Waals surface area (Å²) in [5.41, 5.74) is 1.02. The molecule has 2 aliphatic heterocycles. The summed E-state index contributed by atoms with van der Waals surface area (Å²) < 4.78 is 16.5. The minimum absolute atomic E-state index is 0.334. The summed E-state index contributed by atoms with van der Waals surface area (Å²) in [4.78, 5) is 11.9. The van der Waals surface area contributed by atoms with Gasteiger partial charge in [-0.25, -0.2) is 4.79 Å². The third kappa shape index (κ3) is 7.26. The van der Waals surface area contributed by atoms with Gasteiger partial charge >= 0.3 is 6.03 Å².